The van der Waals surface area contributed by atoms with Crippen LogP contribution in [0.15, 0.2) is 22.7 Å². The molecule has 0 bridgehead atoms. The highest BCUT2D eigenvalue weighted by Crippen LogP contribution is 2.23. The molecule has 0 radical (unpaired) electrons. The average Bonchev–Trinajstić information content (AvgIpc) is 2.28. The van der Waals surface area contributed by atoms with E-state index in [9.17, 15) is 0 Å². The summed E-state index contributed by atoms with van der Waals surface area (Å²) in [5.74, 6) is 2.70. The Kier molecular flexibility index (Phi) is 5.59. The molecular formula is C14H18BrN. The maximum absolute atomic E-state index is 5.32. The molecule has 1 rings (SSSR count). The molecule has 0 aliphatic carbocycles. The van der Waals surface area contributed by atoms with Gasteiger partial charge in [-0.1, -0.05) is 35.0 Å². The zero-order valence-corrected chi connectivity index (χ0v) is 11.5. The molecule has 0 aliphatic heterocycles. The van der Waals surface area contributed by atoms with Gasteiger partial charge in [0, 0.05) is 16.9 Å². The summed E-state index contributed by atoms with van der Waals surface area (Å²) in [6.07, 6.45) is 7.12. The molecule has 0 saturated heterocycles. The van der Waals surface area contributed by atoms with E-state index in [1.807, 2.05) is 0 Å². The molecule has 0 saturated carbocycles. The molecule has 0 aromatic heterocycles. The topological polar surface area (TPSA) is 12.0 Å². The molecular weight excluding hydrogens is 262 g/mol. The smallest absolute Gasteiger partial charge is 0.0329 e. The highest BCUT2D eigenvalue weighted by atomic mass is 79.9. The standard InChI is InChI=1S/C14H18BrN/c1-4-6-7-14(16-5-2)12-8-9-13(15)11(3)10-12/h1,8-10,14,16H,5-7H2,2-3H3. The fourth-order valence-corrected chi connectivity index (χ4v) is 1.99. The molecule has 1 N–H and O–H groups in total. The second-order valence-corrected chi connectivity index (χ2v) is 4.72. The monoisotopic (exact) mass is 279 g/mol. The van der Waals surface area contributed by atoms with E-state index in [0.29, 0.717) is 6.04 Å². The highest BCUT2D eigenvalue weighted by Gasteiger charge is 2.10. The first-order valence-electron chi connectivity index (χ1n) is 5.62. The molecule has 86 valence electrons. The second-order valence-electron chi connectivity index (χ2n) is 3.86. The number of halogens is 1. The Morgan fingerprint density at radius 2 is 2.25 bits per heavy atom. The third-order valence-corrected chi connectivity index (χ3v) is 3.50. The van der Waals surface area contributed by atoms with Gasteiger partial charge < -0.3 is 5.32 Å². The lowest BCUT2D eigenvalue weighted by molar-refractivity contribution is 0.522. The summed E-state index contributed by atoms with van der Waals surface area (Å²) in [5.41, 5.74) is 2.58. The summed E-state index contributed by atoms with van der Waals surface area (Å²) in [7, 11) is 0. The maximum Gasteiger partial charge on any atom is 0.0329 e. The fourth-order valence-electron chi connectivity index (χ4n) is 1.75. The Hall–Kier alpha value is -0.780. The lowest BCUT2D eigenvalue weighted by Crippen LogP contribution is -2.20. The summed E-state index contributed by atoms with van der Waals surface area (Å²) in [6, 6.07) is 6.84. The van der Waals surface area contributed by atoms with E-state index in [2.05, 4.69) is 59.2 Å². The molecule has 0 amide bonds. The number of benzene rings is 1. The number of aryl methyl sites for hydroxylation is 1. The van der Waals surface area contributed by atoms with E-state index in [-0.39, 0.29) is 0 Å². The van der Waals surface area contributed by atoms with Crippen molar-refractivity contribution in [2.24, 2.45) is 0 Å². The molecule has 1 atom stereocenters. The predicted molar refractivity (Wildman–Crippen MR) is 73.4 cm³/mol. The van der Waals surface area contributed by atoms with Crippen LogP contribution in [-0.2, 0) is 0 Å². The van der Waals surface area contributed by atoms with Crippen LogP contribution in [0.4, 0.5) is 0 Å². The van der Waals surface area contributed by atoms with Crippen molar-refractivity contribution in [3.63, 3.8) is 0 Å². The lowest BCUT2D eigenvalue weighted by atomic mass is 10.0. The predicted octanol–water partition coefficient (Wildman–Crippen LogP) is 3.82. The third kappa shape index (κ3) is 3.66. The second kappa shape index (κ2) is 6.73. The number of rotatable bonds is 5. The number of nitrogens with one attached hydrogen (secondary N) is 1. The van der Waals surface area contributed by atoms with Crippen molar-refractivity contribution in [3.8, 4) is 12.3 Å². The minimum absolute atomic E-state index is 0.368. The third-order valence-electron chi connectivity index (χ3n) is 2.61. The van der Waals surface area contributed by atoms with Gasteiger partial charge in [0.15, 0.2) is 0 Å². The molecule has 1 nitrogen and oxygen atoms in total. The van der Waals surface area contributed by atoms with Crippen LogP contribution in [0.25, 0.3) is 0 Å². The largest absolute Gasteiger partial charge is 0.310 e. The molecule has 2 heteroatoms. The average molecular weight is 280 g/mol. The molecule has 0 spiro atoms. The van der Waals surface area contributed by atoms with Gasteiger partial charge in [-0.15, -0.1) is 12.3 Å². The molecule has 0 fully saturated rings. The van der Waals surface area contributed by atoms with Gasteiger partial charge in [-0.25, -0.2) is 0 Å². The Bertz CT molecular complexity index is 379. The van der Waals surface area contributed by atoms with Crippen molar-refractivity contribution >= 4 is 15.9 Å². The van der Waals surface area contributed by atoms with Gasteiger partial charge in [-0.05, 0) is 37.1 Å². The van der Waals surface area contributed by atoms with Crippen LogP contribution < -0.4 is 5.32 Å². The zero-order valence-electron chi connectivity index (χ0n) is 9.89. The summed E-state index contributed by atoms with van der Waals surface area (Å²) in [5, 5.41) is 3.47. The Morgan fingerprint density at radius 1 is 1.50 bits per heavy atom. The van der Waals surface area contributed by atoms with Crippen LogP contribution >= 0.6 is 15.9 Å². The van der Waals surface area contributed by atoms with Gasteiger partial charge >= 0.3 is 0 Å². The first-order valence-corrected chi connectivity index (χ1v) is 6.41. The minimum atomic E-state index is 0.368. The van der Waals surface area contributed by atoms with Crippen LogP contribution in [0.3, 0.4) is 0 Å². The van der Waals surface area contributed by atoms with Crippen molar-refractivity contribution in [3.05, 3.63) is 33.8 Å². The van der Waals surface area contributed by atoms with Gasteiger partial charge in [0.1, 0.15) is 0 Å². The molecule has 1 aromatic carbocycles. The maximum atomic E-state index is 5.32. The van der Waals surface area contributed by atoms with E-state index in [0.717, 1.165) is 23.9 Å². The van der Waals surface area contributed by atoms with E-state index >= 15 is 0 Å². The van der Waals surface area contributed by atoms with Crippen LogP contribution in [0.2, 0.25) is 0 Å². The quantitative estimate of drug-likeness (QED) is 0.808. The van der Waals surface area contributed by atoms with E-state index in [4.69, 9.17) is 6.42 Å². The molecule has 16 heavy (non-hydrogen) atoms. The molecule has 0 heterocycles. The van der Waals surface area contributed by atoms with Crippen molar-refractivity contribution < 1.29 is 0 Å². The SMILES string of the molecule is C#CCCC(NCC)c1ccc(Br)c(C)c1. The normalized spacial score (nSPS) is 12.1. The summed E-state index contributed by atoms with van der Waals surface area (Å²) in [6.45, 7) is 5.19. The van der Waals surface area contributed by atoms with E-state index in [1.165, 1.54) is 11.1 Å². The Morgan fingerprint density at radius 3 is 2.81 bits per heavy atom. The van der Waals surface area contributed by atoms with Gasteiger partial charge in [-0.2, -0.15) is 0 Å². The van der Waals surface area contributed by atoms with Crippen LogP contribution in [-0.4, -0.2) is 6.54 Å². The molecule has 1 unspecified atom stereocenters. The Balaban J connectivity index is 2.83. The first kappa shape index (κ1) is 13.3. The van der Waals surface area contributed by atoms with Crippen molar-refractivity contribution in [1.29, 1.82) is 0 Å². The van der Waals surface area contributed by atoms with Crippen LogP contribution in [0, 0.1) is 19.3 Å². The van der Waals surface area contributed by atoms with E-state index in [1.54, 1.807) is 0 Å². The van der Waals surface area contributed by atoms with Crippen LogP contribution in [0.5, 0.6) is 0 Å². The van der Waals surface area contributed by atoms with Gasteiger partial charge in [0.25, 0.3) is 0 Å². The van der Waals surface area contributed by atoms with Crippen LogP contribution in [0.1, 0.15) is 36.9 Å². The number of terminal acetylenes is 1. The van der Waals surface area contributed by atoms with Gasteiger partial charge in [0.05, 0.1) is 0 Å². The Labute approximate surface area is 107 Å². The summed E-state index contributed by atoms with van der Waals surface area (Å²) >= 11 is 3.52. The minimum Gasteiger partial charge on any atom is -0.310 e. The lowest BCUT2D eigenvalue weighted by Gasteiger charge is -2.18. The zero-order chi connectivity index (χ0) is 12.0. The van der Waals surface area contributed by atoms with Crippen molar-refractivity contribution in [2.75, 3.05) is 6.54 Å². The molecule has 0 aliphatic rings. The van der Waals surface area contributed by atoms with Crippen molar-refractivity contribution in [2.45, 2.75) is 32.7 Å². The number of hydrogen-bond acceptors (Lipinski definition) is 1. The summed E-state index contributed by atoms with van der Waals surface area (Å²) < 4.78 is 1.16. The highest BCUT2D eigenvalue weighted by molar-refractivity contribution is 9.10. The van der Waals surface area contributed by atoms with Gasteiger partial charge in [-0.3, -0.25) is 0 Å². The first-order chi connectivity index (χ1) is 7.69. The van der Waals surface area contributed by atoms with Crippen molar-refractivity contribution in [1.82, 2.24) is 5.32 Å². The summed E-state index contributed by atoms with van der Waals surface area (Å²) in [4.78, 5) is 0. The number of hydrogen-bond donors (Lipinski definition) is 1. The molecule has 1 aromatic rings. The van der Waals surface area contributed by atoms with Gasteiger partial charge in [0.2, 0.25) is 0 Å². The van der Waals surface area contributed by atoms with E-state index < -0.39 is 0 Å². The fraction of sp³-hybridized carbons (Fsp3) is 0.429.